The van der Waals surface area contributed by atoms with Gasteiger partial charge >= 0.3 is 5.97 Å². The molecule has 0 aromatic heterocycles. The van der Waals surface area contributed by atoms with Crippen LogP contribution in [0.2, 0.25) is 0 Å². The number of amides is 1. The van der Waals surface area contributed by atoms with Crippen molar-refractivity contribution in [2.45, 2.75) is 39.2 Å². The van der Waals surface area contributed by atoms with Crippen molar-refractivity contribution in [1.82, 2.24) is 5.32 Å². The molecule has 108 valence electrons. The van der Waals surface area contributed by atoms with Crippen LogP contribution in [0.15, 0.2) is 30.3 Å². The van der Waals surface area contributed by atoms with Crippen LogP contribution in [0, 0.1) is 11.3 Å². The van der Waals surface area contributed by atoms with Gasteiger partial charge in [0.05, 0.1) is 11.5 Å². The van der Waals surface area contributed by atoms with E-state index in [1.165, 1.54) is 0 Å². The highest BCUT2D eigenvalue weighted by Gasteiger charge is 2.35. The largest absolute Gasteiger partial charge is 0.481 e. The van der Waals surface area contributed by atoms with E-state index in [1.54, 1.807) is 13.8 Å². The number of aliphatic carboxylic acids is 1. The molecule has 4 nitrogen and oxygen atoms in total. The fraction of sp³-hybridized carbons (Fsp3) is 0.500. The molecule has 2 rings (SSSR count). The minimum absolute atomic E-state index is 0.00160. The average Bonchev–Trinajstić information content (AvgIpc) is 3.20. The third kappa shape index (κ3) is 3.59. The van der Waals surface area contributed by atoms with Gasteiger partial charge in [-0.05, 0) is 38.2 Å². The Morgan fingerprint density at radius 1 is 1.30 bits per heavy atom. The first-order chi connectivity index (χ1) is 9.40. The highest BCUT2D eigenvalue weighted by molar-refractivity contribution is 5.84. The third-order valence-electron chi connectivity index (χ3n) is 3.75. The first-order valence-corrected chi connectivity index (χ1v) is 6.98. The van der Waals surface area contributed by atoms with Gasteiger partial charge in [0, 0.05) is 6.42 Å². The molecule has 1 aromatic carbocycles. The molecule has 0 heterocycles. The zero-order chi connectivity index (χ0) is 14.8. The molecule has 1 saturated carbocycles. The van der Waals surface area contributed by atoms with Crippen molar-refractivity contribution >= 4 is 11.9 Å². The fourth-order valence-electron chi connectivity index (χ4n) is 2.26. The van der Waals surface area contributed by atoms with Crippen molar-refractivity contribution in [2.24, 2.45) is 11.3 Å². The number of hydrogen-bond donors (Lipinski definition) is 2. The predicted octanol–water partition coefficient (Wildman–Crippen LogP) is 2.75. The lowest BCUT2D eigenvalue weighted by atomic mass is 9.89. The molecule has 0 saturated heterocycles. The molecule has 1 amide bonds. The van der Waals surface area contributed by atoms with Gasteiger partial charge in [-0.25, -0.2) is 0 Å². The summed E-state index contributed by atoms with van der Waals surface area (Å²) in [5, 5.41) is 12.1. The topological polar surface area (TPSA) is 66.4 Å². The summed E-state index contributed by atoms with van der Waals surface area (Å²) in [6.07, 6.45) is 2.22. The number of benzene rings is 1. The van der Waals surface area contributed by atoms with E-state index in [0.717, 1.165) is 18.4 Å². The van der Waals surface area contributed by atoms with Crippen molar-refractivity contribution in [2.75, 3.05) is 0 Å². The quantitative estimate of drug-likeness (QED) is 0.839. The highest BCUT2D eigenvalue weighted by Crippen LogP contribution is 2.41. The molecular weight excluding hydrogens is 254 g/mol. The molecule has 0 spiro atoms. The molecular formula is C16H21NO3. The van der Waals surface area contributed by atoms with Crippen LogP contribution in [0.5, 0.6) is 0 Å². The molecule has 1 fully saturated rings. The SMILES string of the molecule is CC(C)(CC(=O)NC(c1ccccc1)C1CC1)C(=O)O. The summed E-state index contributed by atoms with van der Waals surface area (Å²) >= 11 is 0. The lowest BCUT2D eigenvalue weighted by molar-refractivity contribution is -0.149. The van der Waals surface area contributed by atoms with Gasteiger partial charge in [0.25, 0.3) is 0 Å². The van der Waals surface area contributed by atoms with Gasteiger partial charge in [-0.3, -0.25) is 9.59 Å². The number of hydrogen-bond acceptors (Lipinski definition) is 2. The molecule has 0 radical (unpaired) electrons. The van der Waals surface area contributed by atoms with Crippen molar-refractivity contribution in [3.8, 4) is 0 Å². The first kappa shape index (κ1) is 14.6. The second kappa shape index (κ2) is 5.65. The smallest absolute Gasteiger partial charge is 0.309 e. The van der Waals surface area contributed by atoms with Crippen molar-refractivity contribution in [3.63, 3.8) is 0 Å². The zero-order valence-electron chi connectivity index (χ0n) is 11.9. The van der Waals surface area contributed by atoms with E-state index in [1.807, 2.05) is 30.3 Å². The lowest BCUT2D eigenvalue weighted by Gasteiger charge is -2.23. The fourth-order valence-corrected chi connectivity index (χ4v) is 2.26. The second-order valence-electron chi connectivity index (χ2n) is 6.16. The highest BCUT2D eigenvalue weighted by atomic mass is 16.4. The molecule has 0 bridgehead atoms. The Kier molecular flexibility index (Phi) is 4.12. The van der Waals surface area contributed by atoms with Gasteiger partial charge in [0.1, 0.15) is 0 Å². The molecule has 2 N–H and O–H groups in total. The normalized spacial score (nSPS) is 16.5. The summed E-state index contributed by atoms with van der Waals surface area (Å²) in [5.41, 5.74) is 0.0611. The van der Waals surface area contributed by atoms with Gasteiger partial charge in [0.15, 0.2) is 0 Å². The number of nitrogens with one attached hydrogen (secondary N) is 1. The summed E-state index contributed by atoms with van der Waals surface area (Å²) in [7, 11) is 0. The Labute approximate surface area is 119 Å². The molecule has 1 atom stereocenters. The van der Waals surface area contributed by atoms with E-state index < -0.39 is 11.4 Å². The molecule has 1 unspecified atom stereocenters. The Bertz CT molecular complexity index is 492. The summed E-state index contributed by atoms with van der Waals surface area (Å²) in [4.78, 5) is 23.2. The maximum atomic E-state index is 12.1. The molecule has 1 aromatic rings. The minimum atomic E-state index is -1.03. The van der Waals surface area contributed by atoms with E-state index >= 15 is 0 Å². The van der Waals surface area contributed by atoms with Crippen LogP contribution in [0.1, 0.15) is 44.7 Å². The minimum Gasteiger partial charge on any atom is -0.481 e. The van der Waals surface area contributed by atoms with Crippen molar-refractivity contribution in [3.05, 3.63) is 35.9 Å². The van der Waals surface area contributed by atoms with Crippen LogP contribution in [-0.4, -0.2) is 17.0 Å². The average molecular weight is 275 g/mol. The number of carbonyl (C=O) groups is 2. The standard InChI is InChI=1S/C16H21NO3/c1-16(2,15(19)20)10-13(18)17-14(12-8-9-12)11-6-4-3-5-7-11/h3-7,12,14H,8-10H2,1-2H3,(H,17,18)(H,19,20). The molecule has 20 heavy (non-hydrogen) atoms. The van der Waals surface area contributed by atoms with E-state index in [4.69, 9.17) is 5.11 Å². The maximum absolute atomic E-state index is 12.1. The monoisotopic (exact) mass is 275 g/mol. The summed E-state index contributed by atoms with van der Waals surface area (Å²) < 4.78 is 0. The van der Waals surface area contributed by atoms with Gasteiger partial charge in [-0.1, -0.05) is 30.3 Å². The summed E-state index contributed by atoms with van der Waals surface area (Å²) in [6, 6.07) is 9.88. The maximum Gasteiger partial charge on any atom is 0.309 e. The molecule has 0 aliphatic heterocycles. The van der Waals surface area contributed by atoms with Gasteiger partial charge in [-0.2, -0.15) is 0 Å². The van der Waals surface area contributed by atoms with Crippen LogP contribution in [-0.2, 0) is 9.59 Å². The lowest BCUT2D eigenvalue weighted by Crippen LogP contribution is -2.36. The number of carboxylic acids is 1. The Morgan fingerprint density at radius 3 is 2.40 bits per heavy atom. The van der Waals surface area contributed by atoms with Crippen LogP contribution in [0.4, 0.5) is 0 Å². The predicted molar refractivity (Wildman–Crippen MR) is 76.1 cm³/mol. The second-order valence-corrected chi connectivity index (χ2v) is 6.16. The van der Waals surface area contributed by atoms with Crippen LogP contribution < -0.4 is 5.32 Å². The van der Waals surface area contributed by atoms with E-state index in [0.29, 0.717) is 5.92 Å². The van der Waals surface area contributed by atoms with E-state index in [2.05, 4.69) is 5.32 Å². The van der Waals surface area contributed by atoms with E-state index in [-0.39, 0.29) is 18.4 Å². The first-order valence-electron chi connectivity index (χ1n) is 6.98. The Balaban J connectivity index is 2.03. The Morgan fingerprint density at radius 2 is 1.90 bits per heavy atom. The van der Waals surface area contributed by atoms with Crippen LogP contribution in [0.25, 0.3) is 0 Å². The van der Waals surface area contributed by atoms with E-state index in [9.17, 15) is 9.59 Å². The summed E-state index contributed by atoms with van der Waals surface area (Å²) in [6.45, 7) is 3.15. The van der Waals surface area contributed by atoms with Crippen molar-refractivity contribution in [1.29, 1.82) is 0 Å². The number of carboxylic acid groups (broad SMARTS) is 1. The Hall–Kier alpha value is -1.84. The summed E-state index contributed by atoms with van der Waals surface area (Å²) in [5.74, 6) is -0.664. The number of carbonyl (C=O) groups excluding carboxylic acids is 1. The number of rotatable bonds is 6. The van der Waals surface area contributed by atoms with Gasteiger partial charge < -0.3 is 10.4 Å². The van der Waals surface area contributed by atoms with Crippen LogP contribution >= 0.6 is 0 Å². The molecule has 1 aliphatic carbocycles. The van der Waals surface area contributed by atoms with Crippen molar-refractivity contribution < 1.29 is 14.7 Å². The third-order valence-corrected chi connectivity index (χ3v) is 3.75. The van der Waals surface area contributed by atoms with Gasteiger partial charge in [-0.15, -0.1) is 0 Å². The van der Waals surface area contributed by atoms with Crippen LogP contribution in [0.3, 0.4) is 0 Å². The zero-order valence-corrected chi connectivity index (χ0v) is 11.9. The van der Waals surface area contributed by atoms with Gasteiger partial charge in [0.2, 0.25) is 5.91 Å². The molecule has 1 aliphatic rings. The molecule has 4 heteroatoms.